The maximum atomic E-state index is 4.88. The van der Waals surface area contributed by atoms with Gasteiger partial charge in [0.2, 0.25) is 0 Å². The molecule has 0 atom stereocenters. The number of piperidine rings is 1. The highest BCUT2D eigenvalue weighted by atomic mass is 79.9. The lowest BCUT2D eigenvalue weighted by Crippen LogP contribution is -2.33. The normalized spacial score (nSPS) is 15.7. The summed E-state index contributed by atoms with van der Waals surface area (Å²) >= 11 is 7.63. The molecule has 0 saturated carbocycles. The zero-order valence-electron chi connectivity index (χ0n) is 17.8. The van der Waals surface area contributed by atoms with E-state index in [2.05, 4.69) is 87.4 Å². The second-order valence-corrected chi connectivity index (χ2v) is 10.3. The van der Waals surface area contributed by atoms with Gasteiger partial charge in [0.1, 0.15) is 11.6 Å². The molecule has 0 unspecified atom stereocenters. The Bertz CT molecular complexity index is 1040. The van der Waals surface area contributed by atoms with Gasteiger partial charge in [-0.15, -0.1) is 0 Å². The molecule has 4 rings (SSSR count). The van der Waals surface area contributed by atoms with Crippen LogP contribution < -0.4 is 4.90 Å². The molecule has 1 aliphatic rings. The van der Waals surface area contributed by atoms with Gasteiger partial charge in [0.15, 0.2) is 5.65 Å². The van der Waals surface area contributed by atoms with E-state index in [9.17, 15) is 0 Å². The van der Waals surface area contributed by atoms with Gasteiger partial charge in [0.05, 0.1) is 11.1 Å². The fraction of sp³-hybridized carbons (Fsp3) is 0.478. The summed E-state index contributed by atoms with van der Waals surface area (Å²) in [5.74, 6) is 3.16. The molecular weight excluding hydrogens is 492 g/mol. The molecule has 6 heteroatoms. The van der Waals surface area contributed by atoms with E-state index in [4.69, 9.17) is 9.97 Å². The molecule has 29 heavy (non-hydrogen) atoms. The number of halogens is 2. The lowest BCUT2D eigenvalue weighted by atomic mass is 9.99. The molecule has 0 N–H and O–H groups in total. The minimum absolute atomic E-state index is 0.470. The molecule has 0 amide bonds. The van der Waals surface area contributed by atoms with Crippen molar-refractivity contribution in [1.29, 1.82) is 0 Å². The SMILES string of the molecule is Cc1nc(N2CCC(C)CC2)c2c(C)cn(-c3c(Br)cc(C(C)C)cc3Br)c2n1. The van der Waals surface area contributed by atoms with E-state index >= 15 is 0 Å². The Morgan fingerprint density at radius 2 is 1.66 bits per heavy atom. The van der Waals surface area contributed by atoms with Gasteiger partial charge >= 0.3 is 0 Å². The summed E-state index contributed by atoms with van der Waals surface area (Å²) in [5.41, 5.74) is 4.57. The molecule has 1 saturated heterocycles. The van der Waals surface area contributed by atoms with Crippen molar-refractivity contribution >= 4 is 48.7 Å². The predicted molar refractivity (Wildman–Crippen MR) is 128 cm³/mol. The second-order valence-electron chi connectivity index (χ2n) is 8.63. The van der Waals surface area contributed by atoms with Crippen LogP contribution in [0, 0.1) is 19.8 Å². The fourth-order valence-electron chi connectivity index (χ4n) is 4.16. The van der Waals surface area contributed by atoms with Gasteiger partial charge in [-0.25, -0.2) is 9.97 Å². The summed E-state index contributed by atoms with van der Waals surface area (Å²) in [6, 6.07) is 4.43. The standard InChI is InChI=1S/C23H28Br2N4/c1-13(2)17-10-18(24)21(19(25)11-17)29-12-15(4)20-22(26-16(5)27-23(20)29)28-8-6-14(3)7-9-28/h10-14H,6-9H2,1-5H3. The predicted octanol–water partition coefficient (Wildman–Crippen LogP) is 6.92. The monoisotopic (exact) mass is 518 g/mol. The third kappa shape index (κ3) is 3.86. The Labute approximate surface area is 190 Å². The zero-order valence-corrected chi connectivity index (χ0v) is 20.9. The van der Waals surface area contributed by atoms with Crippen molar-refractivity contribution in [2.75, 3.05) is 18.0 Å². The Kier molecular flexibility index (Phi) is 5.77. The highest BCUT2D eigenvalue weighted by Gasteiger charge is 2.24. The van der Waals surface area contributed by atoms with E-state index in [1.54, 1.807) is 0 Å². The number of anilines is 1. The van der Waals surface area contributed by atoms with Crippen LogP contribution in [0.3, 0.4) is 0 Å². The number of hydrogen-bond donors (Lipinski definition) is 0. The molecule has 3 heterocycles. The van der Waals surface area contributed by atoms with Gasteiger partial charge < -0.3 is 4.90 Å². The van der Waals surface area contributed by atoms with Crippen molar-refractivity contribution in [3.05, 3.63) is 44.2 Å². The average molecular weight is 520 g/mol. The number of benzene rings is 1. The van der Waals surface area contributed by atoms with Gasteiger partial charge in [-0.2, -0.15) is 0 Å². The van der Waals surface area contributed by atoms with E-state index in [1.165, 1.54) is 24.0 Å². The van der Waals surface area contributed by atoms with Crippen LogP contribution in [0.5, 0.6) is 0 Å². The number of rotatable bonds is 3. The second kappa shape index (κ2) is 8.03. The topological polar surface area (TPSA) is 34.0 Å². The maximum absolute atomic E-state index is 4.88. The Morgan fingerprint density at radius 1 is 1.03 bits per heavy atom. The molecular formula is C23H28Br2N4. The molecule has 2 aromatic heterocycles. The van der Waals surface area contributed by atoms with Crippen molar-refractivity contribution in [2.24, 2.45) is 5.92 Å². The van der Waals surface area contributed by atoms with E-state index in [1.807, 2.05) is 6.92 Å². The number of fused-ring (bicyclic) bond motifs is 1. The molecule has 0 aliphatic carbocycles. The quantitative estimate of drug-likeness (QED) is 0.376. The number of nitrogens with zero attached hydrogens (tertiary/aromatic N) is 4. The van der Waals surface area contributed by atoms with Crippen molar-refractivity contribution in [2.45, 2.75) is 53.4 Å². The molecule has 1 aromatic carbocycles. The zero-order chi connectivity index (χ0) is 20.9. The van der Waals surface area contributed by atoms with E-state index in [0.29, 0.717) is 5.92 Å². The van der Waals surface area contributed by atoms with Gasteiger partial charge in [-0.05, 0) is 93.6 Å². The van der Waals surface area contributed by atoms with Crippen molar-refractivity contribution in [1.82, 2.24) is 14.5 Å². The van der Waals surface area contributed by atoms with Gasteiger partial charge in [-0.3, -0.25) is 4.57 Å². The van der Waals surface area contributed by atoms with Gasteiger partial charge in [-0.1, -0.05) is 20.8 Å². The van der Waals surface area contributed by atoms with Gasteiger partial charge in [0, 0.05) is 28.2 Å². The smallest absolute Gasteiger partial charge is 0.150 e. The summed E-state index contributed by atoms with van der Waals surface area (Å²) in [7, 11) is 0. The Morgan fingerprint density at radius 3 is 2.24 bits per heavy atom. The molecule has 1 aliphatic heterocycles. The molecule has 0 radical (unpaired) electrons. The summed E-state index contributed by atoms with van der Waals surface area (Å²) in [6.07, 6.45) is 4.63. The minimum Gasteiger partial charge on any atom is -0.356 e. The van der Waals surface area contributed by atoms with Crippen molar-refractivity contribution in [3.8, 4) is 5.69 Å². The van der Waals surface area contributed by atoms with E-state index in [-0.39, 0.29) is 0 Å². The lowest BCUT2D eigenvalue weighted by molar-refractivity contribution is 0.437. The minimum atomic E-state index is 0.470. The molecule has 4 nitrogen and oxygen atoms in total. The molecule has 1 fully saturated rings. The number of aromatic nitrogens is 3. The van der Waals surface area contributed by atoms with Crippen LogP contribution in [0.25, 0.3) is 16.7 Å². The Balaban J connectivity index is 1.90. The highest BCUT2D eigenvalue weighted by molar-refractivity contribution is 9.11. The summed E-state index contributed by atoms with van der Waals surface area (Å²) in [5, 5.41) is 1.16. The third-order valence-corrected chi connectivity index (χ3v) is 7.17. The molecule has 154 valence electrons. The largest absolute Gasteiger partial charge is 0.356 e. The van der Waals surface area contributed by atoms with Crippen LogP contribution in [0.15, 0.2) is 27.3 Å². The van der Waals surface area contributed by atoms with Crippen LogP contribution in [-0.2, 0) is 0 Å². The molecule has 0 bridgehead atoms. The summed E-state index contributed by atoms with van der Waals surface area (Å²) < 4.78 is 4.34. The first-order valence-electron chi connectivity index (χ1n) is 10.4. The van der Waals surface area contributed by atoms with Crippen molar-refractivity contribution in [3.63, 3.8) is 0 Å². The van der Waals surface area contributed by atoms with E-state index in [0.717, 1.165) is 56.3 Å². The summed E-state index contributed by atoms with van der Waals surface area (Å²) in [4.78, 5) is 12.2. The first kappa shape index (κ1) is 20.9. The van der Waals surface area contributed by atoms with Crippen LogP contribution in [0.4, 0.5) is 5.82 Å². The fourth-order valence-corrected chi connectivity index (χ4v) is 5.76. The van der Waals surface area contributed by atoms with Crippen molar-refractivity contribution < 1.29 is 0 Å². The highest BCUT2D eigenvalue weighted by Crippen LogP contribution is 2.38. The van der Waals surface area contributed by atoms with Crippen LogP contribution in [0.2, 0.25) is 0 Å². The first-order chi connectivity index (χ1) is 13.8. The number of hydrogen-bond acceptors (Lipinski definition) is 3. The van der Waals surface area contributed by atoms with Gasteiger partial charge in [0.25, 0.3) is 0 Å². The maximum Gasteiger partial charge on any atom is 0.150 e. The molecule has 3 aromatic rings. The van der Waals surface area contributed by atoms with Crippen LogP contribution in [-0.4, -0.2) is 27.6 Å². The van der Waals surface area contributed by atoms with E-state index < -0.39 is 0 Å². The van der Waals surface area contributed by atoms with Crippen LogP contribution in [0.1, 0.15) is 56.5 Å². The first-order valence-corrected chi connectivity index (χ1v) is 12.0. The van der Waals surface area contributed by atoms with Crippen LogP contribution >= 0.6 is 31.9 Å². The number of aryl methyl sites for hydroxylation is 2. The average Bonchev–Trinajstić information content (AvgIpc) is 2.97. The molecule has 0 spiro atoms. The third-order valence-electron chi connectivity index (χ3n) is 5.96. The summed E-state index contributed by atoms with van der Waals surface area (Å²) in [6.45, 7) is 13.1. The Hall–Kier alpha value is -1.40. The lowest BCUT2D eigenvalue weighted by Gasteiger charge is -2.31.